The van der Waals surface area contributed by atoms with E-state index in [0.29, 0.717) is 5.76 Å². The Hall–Kier alpha value is -1.70. The average Bonchev–Trinajstić information content (AvgIpc) is 2.87. The maximum atomic E-state index is 13.4. The monoisotopic (exact) mass is 284 g/mol. The number of furan rings is 1. The summed E-state index contributed by atoms with van der Waals surface area (Å²) >= 11 is 0. The summed E-state index contributed by atoms with van der Waals surface area (Å²) in [7, 11) is -3.80. The number of hydrogen-bond acceptors (Lipinski definition) is 4. The minimum absolute atomic E-state index is 0.114. The first-order valence-corrected chi connectivity index (χ1v) is 7.03. The molecule has 0 saturated carbocycles. The average molecular weight is 284 g/mol. The van der Waals surface area contributed by atoms with Gasteiger partial charge in [0.2, 0.25) is 5.09 Å². The largest absolute Gasteiger partial charge is 0.447 e. The third-order valence-corrected chi connectivity index (χ3v) is 3.79. The molecule has 1 aromatic heterocycles. The summed E-state index contributed by atoms with van der Waals surface area (Å²) < 4.78 is 44.4. The Morgan fingerprint density at radius 1 is 1.21 bits per heavy atom. The molecule has 0 amide bonds. The van der Waals surface area contributed by atoms with Crippen molar-refractivity contribution < 1.29 is 17.2 Å². The lowest BCUT2D eigenvalue weighted by Gasteiger charge is -2.05. The molecule has 0 aliphatic heterocycles. The zero-order valence-electron chi connectivity index (χ0n) is 9.97. The van der Waals surface area contributed by atoms with Gasteiger partial charge in [-0.2, -0.15) is 0 Å². The van der Waals surface area contributed by atoms with Crippen LogP contribution >= 0.6 is 0 Å². The Morgan fingerprint density at radius 3 is 2.58 bits per heavy atom. The third kappa shape index (κ3) is 3.19. The lowest BCUT2D eigenvalue weighted by molar-refractivity contribution is 0.412. The highest BCUT2D eigenvalue weighted by Gasteiger charge is 2.18. The molecular weight excluding hydrogens is 271 g/mol. The van der Waals surface area contributed by atoms with Crippen LogP contribution in [0.4, 0.5) is 4.39 Å². The van der Waals surface area contributed by atoms with E-state index in [1.54, 1.807) is 6.07 Å². The van der Waals surface area contributed by atoms with Crippen molar-refractivity contribution in [3.63, 3.8) is 0 Å². The summed E-state index contributed by atoms with van der Waals surface area (Å²) in [4.78, 5) is 0. The third-order valence-electron chi connectivity index (χ3n) is 2.51. The fraction of sp³-hybridized carbons (Fsp3) is 0.167. The molecule has 5 nitrogen and oxygen atoms in total. The molecular formula is C12H13FN2O3S. The predicted molar refractivity (Wildman–Crippen MR) is 67.0 cm³/mol. The van der Waals surface area contributed by atoms with Crippen molar-refractivity contribution >= 4 is 10.0 Å². The van der Waals surface area contributed by atoms with Crippen LogP contribution in [0.1, 0.15) is 11.3 Å². The number of nitrogens with two attached hydrogens (primary N) is 1. The molecule has 0 aliphatic rings. The number of halogens is 1. The lowest BCUT2D eigenvalue weighted by atomic mass is 10.2. The molecule has 2 aromatic rings. The Balaban J connectivity index is 2.12. The van der Waals surface area contributed by atoms with Gasteiger partial charge in [-0.1, -0.05) is 18.2 Å². The second-order valence-electron chi connectivity index (χ2n) is 3.84. The van der Waals surface area contributed by atoms with Gasteiger partial charge in [0.25, 0.3) is 10.0 Å². The van der Waals surface area contributed by atoms with E-state index >= 15 is 0 Å². The summed E-state index contributed by atoms with van der Waals surface area (Å²) in [5.74, 6) is -0.0986. The van der Waals surface area contributed by atoms with Crippen LogP contribution in [0, 0.1) is 5.82 Å². The Labute approximate surface area is 110 Å². The van der Waals surface area contributed by atoms with Crippen LogP contribution in [0.15, 0.2) is 45.9 Å². The van der Waals surface area contributed by atoms with Crippen LogP contribution in [0.2, 0.25) is 0 Å². The zero-order valence-corrected chi connectivity index (χ0v) is 10.8. The first kappa shape index (κ1) is 13.7. The van der Waals surface area contributed by atoms with Gasteiger partial charge in [-0.15, -0.1) is 0 Å². The minimum Gasteiger partial charge on any atom is -0.447 e. The predicted octanol–water partition coefficient (Wildman–Crippen LogP) is 1.36. The van der Waals surface area contributed by atoms with E-state index in [4.69, 9.17) is 10.2 Å². The van der Waals surface area contributed by atoms with Crippen molar-refractivity contribution in [1.29, 1.82) is 0 Å². The fourth-order valence-electron chi connectivity index (χ4n) is 1.50. The van der Waals surface area contributed by atoms with Crippen LogP contribution in [0.25, 0.3) is 0 Å². The van der Waals surface area contributed by atoms with Crippen molar-refractivity contribution in [3.05, 3.63) is 53.5 Å². The first-order valence-electron chi connectivity index (χ1n) is 5.55. The van der Waals surface area contributed by atoms with E-state index in [1.165, 1.54) is 30.3 Å². The molecule has 0 radical (unpaired) electrons. The summed E-state index contributed by atoms with van der Waals surface area (Å²) in [6, 6.07) is 8.73. The highest BCUT2D eigenvalue weighted by atomic mass is 32.2. The van der Waals surface area contributed by atoms with Gasteiger partial charge in [-0.05, 0) is 18.2 Å². The number of rotatable bonds is 5. The summed E-state index contributed by atoms with van der Waals surface area (Å²) in [6.45, 7) is -0.0313. The van der Waals surface area contributed by atoms with Crippen molar-refractivity contribution in [1.82, 2.24) is 4.72 Å². The molecule has 2 rings (SSSR count). The fourth-order valence-corrected chi connectivity index (χ4v) is 2.45. The van der Waals surface area contributed by atoms with Crippen molar-refractivity contribution in [3.8, 4) is 0 Å². The molecule has 7 heteroatoms. The van der Waals surface area contributed by atoms with E-state index in [1.807, 2.05) is 0 Å². The summed E-state index contributed by atoms with van der Waals surface area (Å²) in [6.07, 6.45) is 0. The van der Waals surface area contributed by atoms with E-state index < -0.39 is 15.8 Å². The number of nitrogens with one attached hydrogen (secondary N) is 1. The van der Waals surface area contributed by atoms with Gasteiger partial charge in [-0.3, -0.25) is 0 Å². The Bertz CT molecular complexity index is 667. The highest BCUT2D eigenvalue weighted by molar-refractivity contribution is 7.89. The highest BCUT2D eigenvalue weighted by Crippen LogP contribution is 2.14. The van der Waals surface area contributed by atoms with E-state index in [-0.39, 0.29) is 23.7 Å². The van der Waals surface area contributed by atoms with E-state index in [9.17, 15) is 12.8 Å². The van der Waals surface area contributed by atoms with Gasteiger partial charge < -0.3 is 10.2 Å². The van der Waals surface area contributed by atoms with Gasteiger partial charge in [0.15, 0.2) is 0 Å². The van der Waals surface area contributed by atoms with Crippen LogP contribution in [0.5, 0.6) is 0 Å². The first-order chi connectivity index (χ1) is 9.03. The molecule has 3 N–H and O–H groups in total. The molecule has 0 aliphatic carbocycles. The molecule has 1 aromatic carbocycles. The van der Waals surface area contributed by atoms with Crippen LogP contribution in [-0.4, -0.2) is 8.42 Å². The second-order valence-corrected chi connectivity index (χ2v) is 5.54. The van der Waals surface area contributed by atoms with Crippen molar-refractivity contribution in [2.75, 3.05) is 0 Å². The van der Waals surface area contributed by atoms with Gasteiger partial charge in [0, 0.05) is 12.1 Å². The van der Waals surface area contributed by atoms with Crippen molar-refractivity contribution in [2.45, 2.75) is 18.2 Å². The second kappa shape index (κ2) is 5.52. The Morgan fingerprint density at radius 2 is 1.95 bits per heavy atom. The SMILES string of the molecule is NCc1ccc(S(=O)(=O)NCc2ccccc2F)o1. The quantitative estimate of drug-likeness (QED) is 0.868. The summed E-state index contributed by atoms with van der Waals surface area (Å²) in [5, 5.41) is -0.232. The summed E-state index contributed by atoms with van der Waals surface area (Å²) in [5.41, 5.74) is 5.59. The minimum atomic E-state index is -3.80. The molecule has 0 bridgehead atoms. The lowest BCUT2D eigenvalue weighted by Crippen LogP contribution is -2.23. The molecule has 19 heavy (non-hydrogen) atoms. The Kier molecular flexibility index (Phi) is 3.98. The number of sulfonamides is 1. The van der Waals surface area contributed by atoms with E-state index in [0.717, 1.165) is 0 Å². The molecule has 0 fully saturated rings. The molecule has 0 saturated heterocycles. The van der Waals surface area contributed by atoms with Crippen LogP contribution < -0.4 is 10.5 Å². The van der Waals surface area contributed by atoms with Crippen LogP contribution in [-0.2, 0) is 23.1 Å². The smallest absolute Gasteiger partial charge is 0.274 e. The van der Waals surface area contributed by atoms with Gasteiger partial charge in [-0.25, -0.2) is 17.5 Å². The topological polar surface area (TPSA) is 85.3 Å². The maximum absolute atomic E-state index is 13.4. The van der Waals surface area contributed by atoms with Gasteiger partial charge >= 0.3 is 0 Å². The van der Waals surface area contributed by atoms with E-state index in [2.05, 4.69) is 4.72 Å². The molecule has 0 atom stereocenters. The molecule has 1 heterocycles. The molecule has 102 valence electrons. The normalized spacial score (nSPS) is 11.7. The van der Waals surface area contributed by atoms with Crippen LogP contribution in [0.3, 0.4) is 0 Å². The zero-order chi connectivity index (χ0) is 13.9. The van der Waals surface area contributed by atoms with Gasteiger partial charge in [0.1, 0.15) is 11.6 Å². The van der Waals surface area contributed by atoms with Gasteiger partial charge in [0.05, 0.1) is 6.54 Å². The molecule has 0 unspecified atom stereocenters. The number of hydrogen-bond donors (Lipinski definition) is 2. The molecule has 0 spiro atoms. The van der Waals surface area contributed by atoms with Crippen molar-refractivity contribution in [2.24, 2.45) is 5.73 Å². The maximum Gasteiger partial charge on any atom is 0.274 e. The number of benzene rings is 1. The standard InChI is InChI=1S/C12H13FN2O3S/c13-11-4-2-1-3-9(11)8-15-19(16,17)12-6-5-10(7-14)18-12/h1-6,15H,7-8,14H2.